The van der Waals surface area contributed by atoms with Crippen molar-refractivity contribution >= 4 is 11.8 Å². The average Bonchev–Trinajstić information content (AvgIpc) is 1.98. The van der Waals surface area contributed by atoms with E-state index in [1.807, 2.05) is 11.8 Å². The van der Waals surface area contributed by atoms with E-state index in [9.17, 15) is 0 Å². The summed E-state index contributed by atoms with van der Waals surface area (Å²) in [6.45, 7) is 4.31. The summed E-state index contributed by atoms with van der Waals surface area (Å²) >= 11 is 2.00. The van der Waals surface area contributed by atoms with E-state index < -0.39 is 0 Å². The van der Waals surface area contributed by atoms with Crippen LogP contribution in [0.2, 0.25) is 0 Å². The first kappa shape index (κ1) is 9.91. The van der Waals surface area contributed by atoms with Gasteiger partial charge in [0.05, 0.1) is 0 Å². The van der Waals surface area contributed by atoms with Crippen LogP contribution in [0.15, 0.2) is 0 Å². The maximum Gasteiger partial charge on any atom is 0.0179 e. The molecule has 0 bridgehead atoms. The molecule has 0 aromatic heterocycles. The molecule has 0 aromatic carbocycles. The van der Waals surface area contributed by atoms with Crippen LogP contribution in [0.3, 0.4) is 0 Å². The van der Waals surface area contributed by atoms with Crippen LogP contribution in [0, 0.1) is 18.3 Å². The number of thioether (sulfide) groups is 1. The predicted octanol–water partition coefficient (Wildman–Crippen LogP) is 2.79. The van der Waals surface area contributed by atoms with Crippen molar-refractivity contribution in [2.45, 2.75) is 26.7 Å². The highest BCUT2D eigenvalue weighted by molar-refractivity contribution is 7.99. The Morgan fingerprint density at radius 2 is 2.20 bits per heavy atom. The second-order valence-corrected chi connectivity index (χ2v) is 3.69. The topological polar surface area (TPSA) is 0 Å². The molecule has 1 unspecified atom stereocenters. The summed E-state index contributed by atoms with van der Waals surface area (Å²) in [5.41, 5.74) is 0. The Kier molecular flexibility index (Phi) is 6.96. The molecular weight excluding hydrogens is 140 g/mol. The Balaban J connectivity index is 2.98. The van der Waals surface area contributed by atoms with Crippen molar-refractivity contribution < 1.29 is 0 Å². The highest BCUT2D eigenvalue weighted by Crippen LogP contribution is 2.08. The number of rotatable bonds is 5. The lowest BCUT2D eigenvalue weighted by Crippen LogP contribution is -1.92. The van der Waals surface area contributed by atoms with E-state index in [0.29, 0.717) is 5.92 Å². The Morgan fingerprint density at radius 3 is 2.70 bits per heavy atom. The molecule has 1 heteroatoms. The summed E-state index contributed by atoms with van der Waals surface area (Å²) in [5, 5.41) is 0. The number of hydrogen-bond acceptors (Lipinski definition) is 1. The Labute approximate surface area is 68.8 Å². The molecule has 0 aromatic rings. The van der Waals surface area contributed by atoms with E-state index in [4.69, 9.17) is 6.42 Å². The van der Waals surface area contributed by atoms with Gasteiger partial charge in [0.15, 0.2) is 0 Å². The zero-order valence-electron chi connectivity index (χ0n) is 6.89. The van der Waals surface area contributed by atoms with Crippen molar-refractivity contribution in [3.05, 3.63) is 0 Å². The van der Waals surface area contributed by atoms with Crippen LogP contribution in [0.4, 0.5) is 0 Å². The molecule has 0 fully saturated rings. The Bertz CT molecular complexity index is 102. The number of hydrogen-bond donors (Lipinski definition) is 0. The molecule has 0 nitrogen and oxygen atoms in total. The van der Waals surface area contributed by atoms with Gasteiger partial charge in [-0.15, -0.1) is 12.3 Å². The normalized spacial score (nSPS) is 12.5. The Morgan fingerprint density at radius 1 is 1.50 bits per heavy atom. The van der Waals surface area contributed by atoms with Crippen molar-refractivity contribution in [1.82, 2.24) is 0 Å². The maximum atomic E-state index is 5.23. The Hall–Kier alpha value is -0.0900. The van der Waals surface area contributed by atoms with E-state index in [1.165, 1.54) is 24.3 Å². The van der Waals surface area contributed by atoms with E-state index in [1.54, 1.807) is 0 Å². The summed E-state index contributed by atoms with van der Waals surface area (Å²) in [5.74, 6) is 5.69. The summed E-state index contributed by atoms with van der Waals surface area (Å²) in [7, 11) is 0. The smallest absolute Gasteiger partial charge is 0.0179 e. The van der Waals surface area contributed by atoms with Crippen LogP contribution in [0.1, 0.15) is 26.7 Å². The minimum atomic E-state index is 0.462. The van der Waals surface area contributed by atoms with E-state index in [2.05, 4.69) is 19.8 Å². The molecule has 0 N–H and O–H groups in total. The SMILES string of the molecule is C#CC(C)CCSCCC. The van der Waals surface area contributed by atoms with Crippen LogP contribution >= 0.6 is 11.8 Å². The van der Waals surface area contributed by atoms with Gasteiger partial charge in [-0.2, -0.15) is 11.8 Å². The zero-order chi connectivity index (χ0) is 7.82. The van der Waals surface area contributed by atoms with Gasteiger partial charge in [0.25, 0.3) is 0 Å². The second-order valence-electron chi connectivity index (χ2n) is 2.47. The summed E-state index contributed by atoms with van der Waals surface area (Å²) < 4.78 is 0. The molecule has 0 radical (unpaired) electrons. The van der Waals surface area contributed by atoms with Crippen molar-refractivity contribution in [3.63, 3.8) is 0 Å². The molecule has 10 heavy (non-hydrogen) atoms. The van der Waals surface area contributed by atoms with Crippen molar-refractivity contribution in [2.24, 2.45) is 5.92 Å². The minimum absolute atomic E-state index is 0.462. The van der Waals surface area contributed by atoms with Gasteiger partial charge in [-0.3, -0.25) is 0 Å². The van der Waals surface area contributed by atoms with E-state index in [0.717, 1.165) is 0 Å². The highest BCUT2D eigenvalue weighted by Gasteiger charge is 1.94. The quantitative estimate of drug-likeness (QED) is 0.435. The lowest BCUT2D eigenvalue weighted by atomic mass is 10.1. The molecule has 0 amide bonds. The van der Waals surface area contributed by atoms with Crippen molar-refractivity contribution in [3.8, 4) is 12.3 Å². The van der Waals surface area contributed by atoms with Gasteiger partial charge < -0.3 is 0 Å². The summed E-state index contributed by atoms with van der Waals surface area (Å²) in [4.78, 5) is 0. The average molecular weight is 156 g/mol. The van der Waals surface area contributed by atoms with Gasteiger partial charge in [0.1, 0.15) is 0 Å². The van der Waals surface area contributed by atoms with Crippen molar-refractivity contribution in [2.75, 3.05) is 11.5 Å². The number of terminal acetylenes is 1. The fraction of sp³-hybridized carbons (Fsp3) is 0.778. The minimum Gasteiger partial charge on any atom is -0.162 e. The van der Waals surface area contributed by atoms with Crippen LogP contribution < -0.4 is 0 Å². The third-order valence-corrected chi connectivity index (χ3v) is 2.55. The van der Waals surface area contributed by atoms with Gasteiger partial charge >= 0.3 is 0 Å². The molecule has 0 saturated heterocycles. The molecule has 0 rings (SSSR count). The van der Waals surface area contributed by atoms with E-state index in [-0.39, 0.29) is 0 Å². The first-order valence-electron chi connectivity index (χ1n) is 3.85. The lowest BCUT2D eigenvalue weighted by molar-refractivity contribution is 0.731. The first-order valence-corrected chi connectivity index (χ1v) is 5.00. The van der Waals surface area contributed by atoms with Crippen LogP contribution in [0.5, 0.6) is 0 Å². The van der Waals surface area contributed by atoms with Gasteiger partial charge in [-0.25, -0.2) is 0 Å². The molecule has 0 spiro atoms. The van der Waals surface area contributed by atoms with Crippen LogP contribution in [-0.2, 0) is 0 Å². The van der Waals surface area contributed by atoms with Gasteiger partial charge in [0.2, 0.25) is 0 Å². The predicted molar refractivity (Wildman–Crippen MR) is 50.2 cm³/mol. The first-order chi connectivity index (χ1) is 4.81. The van der Waals surface area contributed by atoms with Gasteiger partial charge in [0, 0.05) is 5.92 Å². The fourth-order valence-corrected chi connectivity index (χ4v) is 1.60. The van der Waals surface area contributed by atoms with Gasteiger partial charge in [-0.05, 0) is 24.3 Å². The van der Waals surface area contributed by atoms with Crippen LogP contribution in [0.25, 0.3) is 0 Å². The third-order valence-electron chi connectivity index (χ3n) is 1.33. The van der Waals surface area contributed by atoms with E-state index >= 15 is 0 Å². The monoisotopic (exact) mass is 156 g/mol. The standard InChI is InChI=1S/C9H16S/c1-4-7-10-8-6-9(3)5-2/h2,9H,4,6-8H2,1,3H3. The molecule has 0 heterocycles. The van der Waals surface area contributed by atoms with Gasteiger partial charge in [-0.1, -0.05) is 13.8 Å². The molecule has 1 atom stereocenters. The highest BCUT2D eigenvalue weighted by atomic mass is 32.2. The molecule has 0 saturated carbocycles. The molecule has 0 aliphatic rings. The van der Waals surface area contributed by atoms with Crippen molar-refractivity contribution in [1.29, 1.82) is 0 Å². The zero-order valence-corrected chi connectivity index (χ0v) is 7.71. The largest absolute Gasteiger partial charge is 0.162 e. The second kappa shape index (κ2) is 7.02. The van der Waals surface area contributed by atoms with Crippen LogP contribution in [-0.4, -0.2) is 11.5 Å². The maximum absolute atomic E-state index is 5.23. The molecular formula is C9H16S. The molecule has 0 aliphatic carbocycles. The molecule has 58 valence electrons. The third kappa shape index (κ3) is 6.04. The lowest BCUT2D eigenvalue weighted by Gasteiger charge is -2.01. The summed E-state index contributed by atoms with van der Waals surface area (Å²) in [6.07, 6.45) is 7.67. The summed E-state index contributed by atoms with van der Waals surface area (Å²) in [6, 6.07) is 0. The molecule has 0 aliphatic heterocycles. The fourth-order valence-electron chi connectivity index (χ4n) is 0.590.